The van der Waals surface area contributed by atoms with Crippen molar-refractivity contribution in [2.45, 2.75) is 45.4 Å². The molecule has 0 saturated heterocycles. The van der Waals surface area contributed by atoms with Crippen molar-refractivity contribution in [2.24, 2.45) is 0 Å². The summed E-state index contributed by atoms with van der Waals surface area (Å²) in [7, 11) is 0. The Morgan fingerprint density at radius 3 is 2.35 bits per heavy atom. The SMILES string of the molecule is CC(C)(C)c1ccc2[nH]c3c(c2c1)C(C)(C)c1c-3ccc2ccccc12. The van der Waals surface area contributed by atoms with E-state index in [2.05, 4.69) is 94.2 Å². The topological polar surface area (TPSA) is 15.8 Å². The van der Waals surface area contributed by atoms with E-state index in [-0.39, 0.29) is 10.8 Å². The molecule has 130 valence electrons. The first-order valence-corrected chi connectivity index (χ1v) is 9.48. The zero-order valence-corrected chi connectivity index (χ0v) is 16.2. The molecule has 26 heavy (non-hydrogen) atoms. The van der Waals surface area contributed by atoms with Crippen LogP contribution in [0.3, 0.4) is 0 Å². The highest BCUT2D eigenvalue weighted by Gasteiger charge is 2.39. The normalized spacial score (nSPS) is 15.4. The van der Waals surface area contributed by atoms with E-state index in [4.69, 9.17) is 0 Å². The van der Waals surface area contributed by atoms with Crippen molar-refractivity contribution in [3.8, 4) is 11.3 Å². The molecular formula is C25H25N. The molecule has 0 spiro atoms. The highest BCUT2D eigenvalue weighted by Crippen LogP contribution is 2.53. The molecule has 1 aliphatic carbocycles. The summed E-state index contributed by atoms with van der Waals surface area (Å²) in [4.78, 5) is 3.73. The fourth-order valence-corrected chi connectivity index (χ4v) is 4.79. The van der Waals surface area contributed by atoms with Gasteiger partial charge in [-0.3, -0.25) is 0 Å². The number of rotatable bonds is 0. The van der Waals surface area contributed by atoms with E-state index >= 15 is 0 Å². The molecule has 1 aromatic heterocycles. The minimum Gasteiger partial charge on any atom is -0.354 e. The van der Waals surface area contributed by atoms with E-state index in [0.29, 0.717) is 0 Å². The molecule has 1 aliphatic rings. The van der Waals surface area contributed by atoms with Crippen LogP contribution in [0.1, 0.15) is 51.3 Å². The number of benzene rings is 3. The van der Waals surface area contributed by atoms with E-state index in [1.54, 1.807) is 0 Å². The minimum absolute atomic E-state index is 0.0136. The average Bonchev–Trinajstić information content (AvgIpc) is 3.08. The van der Waals surface area contributed by atoms with Crippen LogP contribution in [0, 0.1) is 0 Å². The van der Waals surface area contributed by atoms with Gasteiger partial charge in [0.25, 0.3) is 0 Å². The first-order chi connectivity index (χ1) is 12.3. The van der Waals surface area contributed by atoms with Crippen molar-refractivity contribution in [3.63, 3.8) is 0 Å². The lowest BCUT2D eigenvalue weighted by Gasteiger charge is -2.24. The second-order valence-corrected chi connectivity index (χ2v) is 9.22. The Labute approximate surface area is 155 Å². The molecule has 1 N–H and O–H groups in total. The van der Waals surface area contributed by atoms with Gasteiger partial charge in [-0.15, -0.1) is 0 Å². The quantitative estimate of drug-likeness (QED) is 0.358. The molecule has 0 aliphatic heterocycles. The first kappa shape index (κ1) is 15.7. The Balaban J connectivity index is 1.88. The maximum atomic E-state index is 3.73. The second kappa shape index (κ2) is 4.79. The van der Waals surface area contributed by atoms with E-state index in [0.717, 1.165) is 0 Å². The third-order valence-electron chi connectivity index (χ3n) is 6.11. The minimum atomic E-state index is -0.0136. The van der Waals surface area contributed by atoms with Gasteiger partial charge in [0, 0.05) is 21.9 Å². The van der Waals surface area contributed by atoms with Crippen molar-refractivity contribution in [1.29, 1.82) is 0 Å². The number of fused-ring (bicyclic) bond motifs is 7. The Hall–Kier alpha value is -2.54. The lowest BCUT2D eigenvalue weighted by atomic mass is 9.78. The predicted molar refractivity (Wildman–Crippen MR) is 112 cm³/mol. The fraction of sp³-hybridized carbons (Fsp3) is 0.280. The lowest BCUT2D eigenvalue weighted by Crippen LogP contribution is -2.16. The van der Waals surface area contributed by atoms with Crippen molar-refractivity contribution in [3.05, 3.63) is 71.3 Å². The molecule has 0 unspecified atom stereocenters. The van der Waals surface area contributed by atoms with Crippen LogP contribution in [-0.4, -0.2) is 4.98 Å². The number of nitrogens with one attached hydrogen (secondary N) is 1. The summed E-state index contributed by atoms with van der Waals surface area (Å²) < 4.78 is 0. The van der Waals surface area contributed by atoms with Gasteiger partial charge in [-0.1, -0.05) is 77.1 Å². The molecule has 3 aromatic carbocycles. The third-order valence-corrected chi connectivity index (χ3v) is 6.11. The highest BCUT2D eigenvalue weighted by atomic mass is 14.8. The van der Waals surface area contributed by atoms with Gasteiger partial charge in [0.2, 0.25) is 0 Å². The van der Waals surface area contributed by atoms with Gasteiger partial charge >= 0.3 is 0 Å². The zero-order valence-electron chi connectivity index (χ0n) is 16.2. The predicted octanol–water partition coefficient (Wildman–Crippen LogP) is 6.92. The Morgan fingerprint density at radius 2 is 1.58 bits per heavy atom. The molecule has 4 aromatic rings. The van der Waals surface area contributed by atoms with Crippen molar-refractivity contribution < 1.29 is 0 Å². The number of hydrogen-bond acceptors (Lipinski definition) is 0. The van der Waals surface area contributed by atoms with Gasteiger partial charge in [-0.25, -0.2) is 0 Å². The summed E-state index contributed by atoms with van der Waals surface area (Å²) in [6.45, 7) is 11.6. The van der Waals surface area contributed by atoms with E-state index in [1.807, 2.05) is 0 Å². The smallest absolute Gasteiger partial charge is 0.0509 e. The molecule has 0 fully saturated rings. The number of H-pyrrole nitrogens is 1. The second-order valence-electron chi connectivity index (χ2n) is 9.22. The monoisotopic (exact) mass is 339 g/mol. The van der Waals surface area contributed by atoms with E-state index < -0.39 is 0 Å². The van der Waals surface area contributed by atoms with Crippen molar-refractivity contribution in [2.75, 3.05) is 0 Å². The van der Waals surface area contributed by atoms with Gasteiger partial charge in [-0.2, -0.15) is 0 Å². The first-order valence-electron chi connectivity index (χ1n) is 9.48. The van der Waals surface area contributed by atoms with Crippen LogP contribution in [0.2, 0.25) is 0 Å². The van der Waals surface area contributed by atoms with Crippen LogP contribution in [0.25, 0.3) is 32.9 Å². The molecule has 0 bridgehead atoms. The van der Waals surface area contributed by atoms with Crippen LogP contribution < -0.4 is 0 Å². The zero-order chi connectivity index (χ0) is 18.3. The maximum absolute atomic E-state index is 3.73. The number of hydrogen-bond donors (Lipinski definition) is 1. The largest absolute Gasteiger partial charge is 0.354 e. The lowest BCUT2D eigenvalue weighted by molar-refractivity contribution is 0.591. The molecule has 0 saturated carbocycles. The molecular weight excluding hydrogens is 314 g/mol. The molecule has 1 heterocycles. The Morgan fingerprint density at radius 1 is 0.808 bits per heavy atom. The molecule has 0 radical (unpaired) electrons. The summed E-state index contributed by atoms with van der Waals surface area (Å²) in [5.41, 5.74) is 8.35. The standard InChI is InChI=1S/C25H25N/c1-24(2,3)16-11-13-20-19(14-16)22-23(26-20)18-12-10-15-8-6-7-9-17(15)21(18)25(22,4)5/h6-14,26H,1-5H3. The van der Waals surface area contributed by atoms with Crippen LogP contribution >= 0.6 is 0 Å². The highest BCUT2D eigenvalue weighted by molar-refractivity contribution is 6.03. The van der Waals surface area contributed by atoms with Crippen LogP contribution in [0.15, 0.2) is 54.6 Å². The summed E-state index contributed by atoms with van der Waals surface area (Å²) in [5.74, 6) is 0. The summed E-state index contributed by atoms with van der Waals surface area (Å²) in [6, 6.07) is 20.2. The maximum Gasteiger partial charge on any atom is 0.0509 e. The number of aromatic amines is 1. The summed E-state index contributed by atoms with van der Waals surface area (Å²) >= 11 is 0. The van der Waals surface area contributed by atoms with Crippen molar-refractivity contribution in [1.82, 2.24) is 4.98 Å². The van der Waals surface area contributed by atoms with Gasteiger partial charge < -0.3 is 4.98 Å². The van der Waals surface area contributed by atoms with Crippen LogP contribution in [-0.2, 0) is 10.8 Å². The molecule has 5 rings (SSSR count). The fourth-order valence-electron chi connectivity index (χ4n) is 4.79. The van der Waals surface area contributed by atoms with Gasteiger partial charge in [0.15, 0.2) is 0 Å². The Kier molecular flexibility index (Phi) is 2.89. The Bertz CT molecular complexity index is 1180. The molecule has 0 amide bonds. The van der Waals surface area contributed by atoms with Crippen molar-refractivity contribution >= 4 is 21.7 Å². The summed E-state index contributed by atoms with van der Waals surface area (Å²) in [6.07, 6.45) is 0. The summed E-state index contributed by atoms with van der Waals surface area (Å²) in [5, 5.41) is 4.07. The number of aromatic nitrogens is 1. The van der Waals surface area contributed by atoms with Crippen LogP contribution in [0.4, 0.5) is 0 Å². The third kappa shape index (κ3) is 1.92. The van der Waals surface area contributed by atoms with E-state index in [9.17, 15) is 0 Å². The van der Waals surface area contributed by atoms with Gasteiger partial charge in [-0.05, 0) is 45.0 Å². The molecule has 1 nitrogen and oxygen atoms in total. The van der Waals surface area contributed by atoms with Gasteiger partial charge in [0.1, 0.15) is 0 Å². The van der Waals surface area contributed by atoms with Crippen LogP contribution in [0.5, 0.6) is 0 Å². The average molecular weight is 339 g/mol. The molecule has 1 heteroatoms. The van der Waals surface area contributed by atoms with Gasteiger partial charge in [0.05, 0.1) is 5.69 Å². The van der Waals surface area contributed by atoms with E-state index in [1.165, 1.54) is 49.6 Å². The molecule has 0 atom stereocenters.